The van der Waals surface area contributed by atoms with E-state index >= 15 is 0 Å². The molecule has 1 aromatic heterocycles. The number of nitrogens with one attached hydrogen (secondary N) is 1. The van der Waals surface area contributed by atoms with Gasteiger partial charge in [0.1, 0.15) is 11.9 Å². The zero-order valence-corrected chi connectivity index (χ0v) is 15.5. The summed E-state index contributed by atoms with van der Waals surface area (Å²) >= 11 is 0. The number of aromatic nitrogens is 2. The normalized spacial score (nSPS) is 17.4. The summed E-state index contributed by atoms with van der Waals surface area (Å²) in [5.41, 5.74) is 0. The van der Waals surface area contributed by atoms with Crippen molar-refractivity contribution in [2.75, 3.05) is 13.1 Å². The second kappa shape index (κ2) is 7.81. The Morgan fingerprint density at radius 2 is 1.83 bits per heavy atom. The Morgan fingerprint density at radius 3 is 2.33 bits per heavy atom. The Morgan fingerprint density at radius 1 is 1.21 bits per heavy atom. The van der Waals surface area contributed by atoms with E-state index in [2.05, 4.69) is 28.7 Å². The molecule has 6 heteroatoms. The average molecular weight is 334 g/mol. The average Bonchev–Trinajstić information content (AvgIpc) is 3.01. The van der Waals surface area contributed by atoms with Crippen LogP contribution in [0, 0.1) is 5.92 Å². The molecule has 0 radical (unpaired) electrons. The van der Waals surface area contributed by atoms with E-state index in [1.54, 1.807) is 0 Å². The molecule has 1 N–H and O–H groups in total. The number of carbonyl (C=O) groups is 2. The highest BCUT2D eigenvalue weighted by Gasteiger charge is 2.32. The van der Waals surface area contributed by atoms with Crippen molar-refractivity contribution in [1.82, 2.24) is 19.8 Å². The van der Waals surface area contributed by atoms with Crippen LogP contribution in [-0.4, -0.2) is 45.4 Å². The first-order chi connectivity index (χ1) is 11.3. The van der Waals surface area contributed by atoms with Gasteiger partial charge in [0, 0.05) is 44.4 Å². The summed E-state index contributed by atoms with van der Waals surface area (Å²) in [4.78, 5) is 30.5. The number of nitrogens with zero attached hydrogens (tertiary/aromatic N) is 3. The smallest absolute Gasteiger partial charge is 0.245 e. The van der Waals surface area contributed by atoms with Gasteiger partial charge in [-0.2, -0.15) is 0 Å². The van der Waals surface area contributed by atoms with Crippen molar-refractivity contribution in [1.29, 1.82) is 0 Å². The lowest BCUT2D eigenvalue weighted by molar-refractivity contribution is -0.138. The Bertz CT molecular complexity index is 571. The molecule has 0 unspecified atom stereocenters. The summed E-state index contributed by atoms with van der Waals surface area (Å²) in [7, 11) is 0. The van der Waals surface area contributed by atoms with Gasteiger partial charge in [0.15, 0.2) is 0 Å². The van der Waals surface area contributed by atoms with Crippen LogP contribution in [0.1, 0.15) is 65.2 Å². The Hall–Kier alpha value is -1.85. The van der Waals surface area contributed by atoms with Crippen LogP contribution in [0.3, 0.4) is 0 Å². The van der Waals surface area contributed by atoms with Gasteiger partial charge in [0.05, 0.1) is 0 Å². The van der Waals surface area contributed by atoms with Crippen molar-refractivity contribution in [3.8, 4) is 0 Å². The lowest BCUT2D eigenvalue weighted by atomic mass is 9.94. The molecule has 0 bridgehead atoms. The van der Waals surface area contributed by atoms with Crippen LogP contribution < -0.4 is 5.32 Å². The molecule has 0 spiro atoms. The maximum atomic E-state index is 12.7. The maximum Gasteiger partial charge on any atom is 0.245 e. The van der Waals surface area contributed by atoms with Gasteiger partial charge >= 0.3 is 0 Å². The van der Waals surface area contributed by atoms with Crippen LogP contribution in [0.2, 0.25) is 0 Å². The molecule has 1 aromatic rings. The molecule has 2 heterocycles. The number of hydrogen-bond acceptors (Lipinski definition) is 3. The molecular weight excluding hydrogens is 304 g/mol. The van der Waals surface area contributed by atoms with Gasteiger partial charge in [-0.3, -0.25) is 9.59 Å². The van der Waals surface area contributed by atoms with Crippen LogP contribution in [0.25, 0.3) is 0 Å². The topological polar surface area (TPSA) is 67.2 Å². The number of amides is 2. The second-order valence-corrected chi connectivity index (χ2v) is 7.31. The predicted octanol–water partition coefficient (Wildman–Crippen LogP) is 2.33. The lowest BCUT2D eigenvalue weighted by Crippen LogP contribution is -2.52. The largest absolute Gasteiger partial charge is 0.344 e. The Balaban J connectivity index is 2.00. The van der Waals surface area contributed by atoms with E-state index in [0.717, 1.165) is 31.8 Å². The van der Waals surface area contributed by atoms with Crippen molar-refractivity contribution in [2.45, 2.75) is 65.5 Å². The molecule has 24 heavy (non-hydrogen) atoms. The van der Waals surface area contributed by atoms with E-state index in [1.807, 2.05) is 31.1 Å². The summed E-state index contributed by atoms with van der Waals surface area (Å²) in [6, 6.07) is -0.0380. The van der Waals surface area contributed by atoms with Crippen LogP contribution >= 0.6 is 0 Å². The maximum absolute atomic E-state index is 12.7. The third-order valence-corrected chi connectivity index (χ3v) is 4.72. The van der Waals surface area contributed by atoms with E-state index in [0.29, 0.717) is 12.0 Å². The second-order valence-electron chi connectivity index (χ2n) is 7.31. The summed E-state index contributed by atoms with van der Waals surface area (Å²) in [5.74, 6) is 1.48. The first-order valence-corrected chi connectivity index (χ1v) is 8.89. The third-order valence-electron chi connectivity index (χ3n) is 4.72. The summed E-state index contributed by atoms with van der Waals surface area (Å²) in [6.07, 6.45) is 5.72. The molecule has 2 rings (SSSR count). The van der Waals surface area contributed by atoms with Gasteiger partial charge in [-0.25, -0.2) is 4.98 Å². The highest BCUT2D eigenvalue weighted by Crippen LogP contribution is 2.29. The standard InChI is InChI=1S/C18H30N4O2/c1-12(2)16(20-14(5)23)18(24)21-9-6-15(7-10-21)17-19-8-11-22(17)13(3)4/h8,11-13,15-16H,6-7,9-10H2,1-5H3,(H,20,23)/t16-/m1/s1. The minimum absolute atomic E-state index is 0.0332. The zero-order valence-electron chi connectivity index (χ0n) is 15.5. The Labute approximate surface area is 144 Å². The van der Waals surface area contributed by atoms with E-state index in [9.17, 15) is 9.59 Å². The van der Waals surface area contributed by atoms with Gasteiger partial charge in [0.25, 0.3) is 0 Å². The SMILES string of the molecule is CC(=O)N[C@@H](C(=O)N1CCC(c2nccn2C(C)C)CC1)C(C)C. The van der Waals surface area contributed by atoms with Gasteiger partial charge in [-0.15, -0.1) is 0 Å². The molecule has 6 nitrogen and oxygen atoms in total. The van der Waals surface area contributed by atoms with Crippen molar-refractivity contribution in [3.63, 3.8) is 0 Å². The van der Waals surface area contributed by atoms with Gasteiger partial charge in [0.2, 0.25) is 11.8 Å². The monoisotopic (exact) mass is 334 g/mol. The fourth-order valence-electron chi connectivity index (χ4n) is 3.36. The van der Waals surface area contributed by atoms with Gasteiger partial charge in [-0.05, 0) is 32.6 Å². The molecular formula is C18H30N4O2. The van der Waals surface area contributed by atoms with Crippen molar-refractivity contribution < 1.29 is 9.59 Å². The number of piperidine rings is 1. The van der Waals surface area contributed by atoms with Crippen molar-refractivity contribution in [2.24, 2.45) is 5.92 Å². The molecule has 134 valence electrons. The first kappa shape index (κ1) is 18.5. The first-order valence-electron chi connectivity index (χ1n) is 8.89. The molecule has 0 saturated carbocycles. The van der Waals surface area contributed by atoms with Crippen LogP contribution in [0.5, 0.6) is 0 Å². The fourth-order valence-corrected chi connectivity index (χ4v) is 3.36. The van der Waals surface area contributed by atoms with Crippen LogP contribution in [0.4, 0.5) is 0 Å². The molecule has 1 atom stereocenters. The fraction of sp³-hybridized carbons (Fsp3) is 0.722. The number of rotatable bonds is 5. The highest BCUT2D eigenvalue weighted by atomic mass is 16.2. The molecule has 1 saturated heterocycles. The van der Waals surface area contributed by atoms with Gasteiger partial charge < -0.3 is 14.8 Å². The molecule has 2 amide bonds. The van der Waals surface area contributed by atoms with E-state index in [1.165, 1.54) is 6.92 Å². The van der Waals surface area contributed by atoms with Crippen molar-refractivity contribution in [3.05, 3.63) is 18.2 Å². The molecule has 1 fully saturated rings. The number of imidazole rings is 1. The van der Waals surface area contributed by atoms with Gasteiger partial charge in [-0.1, -0.05) is 13.8 Å². The molecule has 0 aliphatic carbocycles. The minimum Gasteiger partial charge on any atom is -0.344 e. The van der Waals surface area contributed by atoms with Crippen LogP contribution in [0.15, 0.2) is 12.4 Å². The molecule has 0 aromatic carbocycles. The summed E-state index contributed by atoms with van der Waals surface area (Å²) in [6.45, 7) is 11.1. The molecule has 1 aliphatic rings. The minimum atomic E-state index is -0.434. The number of hydrogen-bond donors (Lipinski definition) is 1. The highest BCUT2D eigenvalue weighted by molar-refractivity contribution is 5.87. The quantitative estimate of drug-likeness (QED) is 0.898. The number of likely N-dealkylation sites (tertiary alicyclic amines) is 1. The third kappa shape index (κ3) is 4.16. The van der Waals surface area contributed by atoms with Crippen molar-refractivity contribution >= 4 is 11.8 Å². The van der Waals surface area contributed by atoms with E-state index in [-0.39, 0.29) is 17.7 Å². The van der Waals surface area contributed by atoms with E-state index in [4.69, 9.17) is 0 Å². The Kier molecular flexibility index (Phi) is 6.02. The number of carbonyl (C=O) groups excluding carboxylic acids is 2. The lowest BCUT2D eigenvalue weighted by Gasteiger charge is -2.35. The summed E-state index contributed by atoms with van der Waals surface area (Å²) in [5, 5.41) is 2.79. The summed E-state index contributed by atoms with van der Waals surface area (Å²) < 4.78 is 2.22. The zero-order chi connectivity index (χ0) is 17.9. The molecule has 1 aliphatic heterocycles. The van der Waals surface area contributed by atoms with Crippen LogP contribution in [-0.2, 0) is 9.59 Å². The van der Waals surface area contributed by atoms with E-state index < -0.39 is 6.04 Å². The predicted molar refractivity (Wildman–Crippen MR) is 93.6 cm³/mol.